The molecule has 1 atom stereocenters. The molecule has 21 heavy (non-hydrogen) atoms. The van der Waals surface area contributed by atoms with E-state index in [1.807, 2.05) is 0 Å². The van der Waals surface area contributed by atoms with Crippen LogP contribution in [-0.2, 0) is 6.54 Å². The topological polar surface area (TPSA) is 41.5 Å². The molecule has 0 saturated heterocycles. The fraction of sp³-hybridized carbons (Fsp3) is 0.250. The van der Waals surface area contributed by atoms with Gasteiger partial charge in [-0.25, -0.2) is 8.78 Å². The van der Waals surface area contributed by atoms with E-state index in [4.69, 9.17) is 4.74 Å². The Balaban J connectivity index is 1.91. The van der Waals surface area contributed by atoms with Gasteiger partial charge in [-0.3, -0.25) is 0 Å². The lowest BCUT2D eigenvalue weighted by Gasteiger charge is -2.13. The lowest BCUT2D eigenvalue weighted by atomic mass is 10.1. The predicted octanol–water partition coefficient (Wildman–Crippen LogP) is 2.80. The second kappa shape index (κ2) is 7.15. The SMILES string of the molecule is COc1cccc(C(O)CNCc2cc(F)ccc2F)c1. The van der Waals surface area contributed by atoms with Crippen LogP contribution in [-0.4, -0.2) is 18.8 Å². The Morgan fingerprint density at radius 1 is 1.19 bits per heavy atom. The minimum absolute atomic E-state index is 0.143. The molecule has 3 nitrogen and oxygen atoms in total. The summed E-state index contributed by atoms with van der Waals surface area (Å²) >= 11 is 0. The Morgan fingerprint density at radius 3 is 2.76 bits per heavy atom. The Hall–Kier alpha value is -1.98. The van der Waals surface area contributed by atoms with Crippen LogP contribution in [0.3, 0.4) is 0 Å². The number of halogens is 2. The second-order valence-corrected chi connectivity index (χ2v) is 4.66. The lowest BCUT2D eigenvalue weighted by Crippen LogP contribution is -2.21. The summed E-state index contributed by atoms with van der Waals surface area (Å²) in [6.45, 7) is 0.369. The molecule has 0 aliphatic rings. The van der Waals surface area contributed by atoms with Gasteiger partial charge in [0.1, 0.15) is 17.4 Å². The summed E-state index contributed by atoms with van der Waals surface area (Å²) < 4.78 is 31.5. The Bertz CT molecular complexity index is 605. The van der Waals surface area contributed by atoms with Gasteiger partial charge in [0.2, 0.25) is 0 Å². The zero-order valence-corrected chi connectivity index (χ0v) is 11.6. The average molecular weight is 293 g/mol. The van der Waals surface area contributed by atoms with Crippen molar-refractivity contribution in [3.63, 3.8) is 0 Å². The zero-order valence-electron chi connectivity index (χ0n) is 11.6. The normalized spacial score (nSPS) is 12.2. The van der Waals surface area contributed by atoms with Gasteiger partial charge in [0.25, 0.3) is 0 Å². The minimum atomic E-state index is -0.753. The highest BCUT2D eigenvalue weighted by atomic mass is 19.1. The van der Waals surface area contributed by atoms with Crippen molar-refractivity contribution in [1.29, 1.82) is 0 Å². The number of aliphatic hydroxyl groups is 1. The molecule has 2 aromatic carbocycles. The van der Waals surface area contributed by atoms with E-state index in [-0.39, 0.29) is 18.7 Å². The van der Waals surface area contributed by atoms with E-state index in [1.165, 1.54) is 0 Å². The molecule has 112 valence electrons. The van der Waals surface area contributed by atoms with Crippen LogP contribution in [0, 0.1) is 11.6 Å². The molecule has 0 aliphatic carbocycles. The maximum atomic E-state index is 13.4. The van der Waals surface area contributed by atoms with E-state index in [2.05, 4.69) is 5.32 Å². The molecule has 0 radical (unpaired) electrons. The van der Waals surface area contributed by atoms with Crippen molar-refractivity contribution in [2.24, 2.45) is 0 Å². The molecular weight excluding hydrogens is 276 g/mol. The van der Waals surface area contributed by atoms with Gasteiger partial charge < -0.3 is 15.2 Å². The predicted molar refractivity (Wildman–Crippen MR) is 76.0 cm³/mol. The first-order valence-corrected chi connectivity index (χ1v) is 6.57. The van der Waals surface area contributed by atoms with Crippen LogP contribution in [0.25, 0.3) is 0 Å². The van der Waals surface area contributed by atoms with Crippen molar-refractivity contribution < 1.29 is 18.6 Å². The number of hydrogen-bond donors (Lipinski definition) is 2. The molecule has 0 heterocycles. The van der Waals surface area contributed by atoms with Crippen LogP contribution in [0.4, 0.5) is 8.78 Å². The summed E-state index contributed by atoms with van der Waals surface area (Å²) in [6.07, 6.45) is -0.753. The van der Waals surface area contributed by atoms with Crippen molar-refractivity contribution in [3.05, 3.63) is 65.2 Å². The smallest absolute Gasteiger partial charge is 0.127 e. The number of rotatable bonds is 6. The minimum Gasteiger partial charge on any atom is -0.497 e. The monoisotopic (exact) mass is 293 g/mol. The number of hydrogen-bond acceptors (Lipinski definition) is 3. The Morgan fingerprint density at radius 2 is 2.00 bits per heavy atom. The van der Waals surface area contributed by atoms with Crippen molar-refractivity contribution in [1.82, 2.24) is 5.32 Å². The summed E-state index contributed by atoms with van der Waals surface area (Å²) in [5, 5.41) is 13.0. The molecular formula is C16H17F2NO2. The van der Waals surface area contributed by atoms with Crippen LogP contribution in [0.1, 0.15) is 17.2 Å². The number of methoxy groups -OCH3 is 1. The van der Waals surface area contributed by atoms with Crippen LogP contribution < -0.4 is 10.1 Å². The van der Waals surface area contributed by atoms with Gasteiger partial charge in [0, 0.05) is 18.7 Å². The molecule has 0 fully saturated rings. The standard InChI is InChI=1S/C16H17F2NO2/c1-21-14-4-2-3-11(8-14)16(20)10-19-9-12-7-13(17)5-6-15(12)18/h2-8,16,19-20H,9-10H2,1H3. The van der Waals surface area contributed by atoms with Gasteiger partial charge in [-0.15, -0.1) is 0 Å². The number of aliphatic hydroxyl groups excluding tert-OH is 1. The number of nitrogens with one attached hydrogen (secondary N) is 1. The van der Waals surface area contributed by atoms with Gasteiger partial charge >= 0.3 is 0 Å². The van der Waals surface area contributed by atoms with Crippen LogP contribution in [0.2, 0.25) is 0 Å². The van der Waals surface area contributed by atoms with Crippen LogP contribution in [0.15, 0.2) is 42.5 Å². The van der Waals surface area contributed by atoms with E-state index in [9.17, 15) is 13.9 Å². The molecule has 5 heteroatoms. The molecule has 0 spiro atoms. The number of benzene rings is 2. The maximum Gasteiger partial charge on any atom is 0.127 e. The third-order valence-electron chi connectivity index (χ3n) is 3.14. The average Bonchev–Trinajstić information content (AvgIpc) is 2.50. The molecule has 0 aliphatic heterocycles. The Labute approximate surface area is 122 Å². The van der Waals surface area contributed by atoms with Gasteiger partial charge in [-0.1, -0.05) is 12.1 Å². The molecule has 1 unspecified atom stereocenters. The summed E-state index contributed by atoms with van der Waals surface area (Å²) in [5.41, 5.74) is 0.925. The van der Waals surface area contributed by atoms with Crippen molar-refractivity contribution in [3.8, 4) is 5.75 Å². The van der Waals surface area contributed by atoms with Gasteiger partial charge in [0.15, 0.2) is 0 Å². The first kappa shape index (κ1) is 15.4. The van der Waals surface area contributed by atoms with Crippen molar-refractivity contribution in [2.75, 3.05) is 13.7 Å². The van der Waals surface area contributed by atoms with E-state index in [1.54, 1.807) is 31.4 Å². The van der Waals surface area contributed by atoms with Gasteiger partial charge in [0.05, 0.1) is 13.2 Å². The van der Waals surface area contributed by atoms with Crippen LogP contribution in [0.5, 0.6) is 5.75 Å². The van der Waals surface area contributed by atoms with E-state index < -0.39 is 17.7 Å². The molecule has 0 saturated carbocycles. The molecule has 2 rings (SSSR count). The third-order valence-corrected chi connectivity index (χ3v) is 3.14. The summed E-state index contributed by atoms with van der Waals surface area (Å²) in [4.78, 5) is 0. The first-order chi connectivity index (χ1) is 10.1. The zero-order chi connectivity index (χ0) is 15.2. The van der Waals surface area contributed by atoms with E-state index in [0.717, 1.165) is 18.2 Å². The molecule has 2 N–H and O–H groups in total. The van der Waals surface area contributed by atoms with E-state index >= 15 is 0 Å². The first-order valence-electron chi connectivity index (χ1n) is 6.57. The Kier molecular flexibility index (Phi) is 5.25. The molecule has 0 bridgehead atoms. The largest absolute Gasteiger partial charge is 0.497 e. The maximum absolute atomic E-state index is 13.4. The highest BCUT2D eigenvalue weighted by molar-refractivity contribution is 5.30. The van der Waals surface area contributed by atoms with Crippen molar-refractivity contribution >= 4 is 0 Å². The molecule has 0 aromatic heterocycles. The number of ether oxygens (including phenoxy) is 1. The fourth-order valence-corrected chi connectivity index (χ4v) is 1.99. The molecule has 2 aromatic rings. The summed E-state index contributed by atoms with van der Waals surface area (Å²) in [6, 6.07) is 10.4. The quantitative estimate of drug-likeness (QED) is 0.860. The van der Waals surface area contributed by atoms with Gasteiger partial charge in [-0.2, -0.15) is 0 Å². The summed E-state index contributed by atoms with van der Waals surface area (Å²) in [7, 11) is 1.55. The lowest BCUT2D eigenvalue weighted by molar-refractivity contribution is 0.174. The van der Waals surface area contributed by atoms with Crippen molar-refractivity contribution in [2.45, 2.75) is 12.6 Å². The molecule has 0 amide bonds. The summed E-state index contributed by atoms with van der Waals surface area (Å²) in [5.74, 6) is -0.302. The van der Waals surface area contributed by atoms with E-state index in [0.29, 0.717) is 11.3 Å². The highest BCUT2D eigenvalue weighted by Gasteiger charge is 2.09. The van der Waals surface area contributed by atoms with Crippen LogP contribution >= 0.6 is 0 Å². The third kappa shape index (κ3) is 4.24. The second-order valence-electron chi connectivity index (χ2n) is 4.66. The van der Waals surface area contributed by atoms with Gasteiger partial charge in [-0.05, 0) is 35.9 Å². The fourth-order valence-electron chi connectivity index (χ4n) is 1.99. The highest BCUT2D eigenvalue weighted by Crippen LogP contribution is 2.18.